The summed E-state index contributed by atoms with van der Waals surface area (Å²) in [6.07, 6.45) is 0.467. The van der Waals surface area contributed by atoms with E-state index in [9.17, 15) is 19.5 Å². The maximum Gasteiger partial charge on any atom is 0.319 e. The van der Waals surface area contributed by atoms with Gasteiger partial charge in [-0.15, -0.1) is 0 Å². The van der Waals surface area contributed by atoms with E-state index in [4.69, 9.17) is 4.74 Å². The van der Waals surface area contributed by atoms with E-state index in [1.165, 1.54) is 21.0 Å². The van der Waals surface area contributed by atoms with E-state index in [0.717, 1.165) is 0 Å². The highest BCUT2D eigenvalue weighted by Gasteiger charge is 2.54. The first-order chi connectivity index (χ1) is 8.17. The van der Waals surface area contributed by atoms with Crippen molar-refractivity contribution in [1.82, 2.24) is 0 Å². The van der Waals surface area contributed by atoms with Gasteiger partial charge in [0, 0.05) is 5.92 Å². The molecule has 1 unspecified atom stereocenters. The second-order valence-electron chi connectivity index (χ2n) is 5.35. The van der Waals surface area contributed by atoms with Crippen LogP contribution in [0, 0.1) is 11.3 Å². The fourth-order valence-electron chi connectivity index (χ4n) is 2.74. The lowest BCUT2D eigenvalue weighted by atomic mass is 9.61. The SMILES string of the molecule is COC(=O)C1(C(C)=O)CC[C@](C)(O)[C@H](C(C)=O)C1. The molecule has 102 valence electrons. The average Bonchev–Trinajstić information content (AvgIpc) is 2.27. The largest absolute Gasteiger partial charge is 0.468 e. The van der Waals surface area contributed by atoms with Gasteiger partial charge in [-0.25, -0.2) is 0 Å². The van der Waals surface area contributed by atoms with Gasteiger partial charge in [-0.3, -0.25) is 14.4 Å². The fourth-order valence-corrected chi connectivity index (χ4v) is 2.74. The van der Waals surface area contributed by atoms with E-state index >= 15 is 0 Å². The third-order valence-electron chi connectivity index (χ3n) is 4.10. The first-order valence-electron chi connectivity index (χ1n) is 5.99. The van der Waals surface area contributed by atoms with E-state index in [1.807, 2.05) is 0 Å². The van der Waals surface area contributed by atoms with Crippen molar-refractivity contribution in [2.45, 2.75) is 45.6 Å². The fraction of sp³-hybridized carbons (Fsp3) is 0.769. The number of ketones is 2. The van der Waals surface area contributed by atoms with Crippen LogP contribution in [0.15, 0.2) is 0 Å². The van der Waals surface area contributed by atoms with Crippen molar-refractivity contribution in [2.75, 3.05) is 7.11 Å². The minimum atomic E-state index is -1.28. The van der Waals surface area contributed by atoms with E-state index in [-0.39, 0.29) is 30.8 Å². The van der Waals surface area contributed by atoms with Crippen LogP contribution < -0.4 is 0 Å². The van der Waals surface area contributed by atoms with Crippen molar-refractivity contribution >= 4 is 17.5 Å². The molecular formula is C13H20O5. The van der Waals surface area contributed by atoms with Crippen LogP contribution >= 0.6 is 0 Å². The van der Waals surface area contributed by atoms with Crippen molar-refractivity contribution in [1.29, 1.82) is 0 Å². The minimum absolute atomic E-state index is 0.0251. The predicted octanol–water partition coefficient (Wildman–Crippen LogP) is 0.875. The molecule has 0 bridgehead atoms. The Morgan fingerprint density at radius 2 is 1.78 bits per heavy atom. The quantitative estimate of drug-likeness (QED) is 0.598. The van der Waals surface area contributed by atoms with Crippen LogP contribution in [-0.4, -0.2) is 35.4 Å². The highest BCUT2D eigenvalue weighted by molar-refractivity contribution is 6.03. The number of Topliss-reactive ketones (excluding diaryl/α,β-unsaturated/α-hetero) is 2. The van der Waals surface area contributed by atoms with Crippen LogP contribution in [0.3, 0.4) is 0 Å². The lowest BCUT2D eigenvalue weighted by Crippen LogP contribution is -2.53. The van der Waals surface area contributed by atoms with Crippen molar-refractivity contribution < 1.29 is 24.2 Å². The third kappa shape index (κ3) is 2.32. The summed E-state index contributed by atoms with van der Waals surface area (Å²) < 4.78 is 4.70. The number of esters is 1. The van der Waals surface area contributed by atoms with Gasteiger partial charge >= 0.3 is 5.97 Å². The number of methoxy groups -OCH3 is 1. The molecule has 0 amide bonds. The molecule has 0 aromatic carbocycles. The molecular weight excluding hydrogens is 236 g/mol. The summed E-state index contributed by atoms with van der Waals surface area (Å²) in [4.78, 5) is 35.3. The molecule has 1 rings (SSSR count). The first kappa shape index (κ1) is 14.8. The van der Waals surface area contributed by atoms with Crippen molar-refractivity contribution in [3.8, 4) is 0 Å². The Kier molecular flexibility index (Phi) is 3.96. The van der Waals surface area contributed by atoms with E-state index in [1.54, 1.807) is 6.92 Å². The summed E-state index contributed by atoms with van der Waals surface area (Å²) in [7, 11) is 1.22. The molecule has 1 aliphatic rings. The van der Waals surface area contributed by atoms with E-state index in [0.29, 0.717) is 0 Å². The van der Waals surface area contributed by atoms with Crippen LogP contribution in [0.2, 0.25) is 0 Å². The normalized spacial score (nSPS) is 35.9. The zero-order chi connectivity index (χ0) is 14.1. The Morgan fingerprint density at radius 3 is 2.17 bits per heavy atom. The van der Waals surface area contributed by atoms with Gasteiger partial charge in [0.25, 0.3) is 0 Å². The van der Waals surface area contributed by atoms with E-state index < -0.39 is 22.9 Å². The number of ether oxygens (including phenoxy) is 1. The number of hydrogen-bond acceptors (Lipinski definition) is 5. The summed E-state index contributed by atoms with van der Waals surface area (Å²) in [6, 6.07) is 0. The Morgan fingerprint density at radius 1 is 1.22 bits per heavy atom. The molecule has 0 aliphatic heterocycles. The van der Waals surface area contributed by atoms with Crippen molar-refractivity contribution in [3.63, 3.8) is 0 Å². The van der Waals surface area contributed by atoms with Crippen molar-refractivity contribution in [2.24, 2.45) is 11.3 Å². The molecule has 1 aliphatic carbocycles. The second kappa shape index (κ2) is 4.80. The van der Waals surface area contributed by atoms with Gasteiger partial charge in [0.05, 0.1) is 12.7 Å². The maximum absolute atomic E-state index is 11.9. The molecule has 3 atom stereocenters. The zero-order valence-corrected chi connectivity index (χ0v) is 11.3. The van der Waals surface area contributed by atoms with Gasteiger partial charge in [0.2, 0.25) is 0 Å². The van der Waals surface area contributed by atoms with Crippen LogP contribution in [0.5, 0.6) is 0 Å². The smallest absolute Gasteiger partial charge is 0.319 e. The Labute approximate surface area is 107 Å². The molecule has 0 aromatic rings. The summed E-state index contributed by atoms with van der Waals surface area (Å²) in [6.45, 7) is 4.27. The van der Waals surface area contributed by atoms with Crippen molar-refractivity contribution in [3.05, 3.63) is 0 Å². The zero-order valence-electron chi connectivity index (χ0n) is 11.3. The number of aliphatic hydroxyl groups is 1. The maximum atomic E-state index is 11.9. The summed E-state index contributed by atoms with van der Waals surface area (Å²) in [5.74, 6) is -1.85. The minimum Gasteiger partial charge on any atom is -0.468 e. The molecule has 1 fully saturated rings. The second-order valence-corrected chi connectivity index (χ2v) is 5.35. The van der Waals surface area contributed by atoms with Crippen LogP contribution in [0.4, 0.5) is 0 Å². The number of hydrogen-bond donors (Lipinski definition) is 1. The standard InChI is InChI=1S/C13H20O5/c1-8(14)10-7-13(9(2)15,11(16)18-4)6-5-12(10,3)17/h10,17H,5-7H2,1-4H3/t10-,12-,13?/m0/s1. The predicted molar refractivity (Wildman–Crippen MR) is 63.8 cm³/mol. The first-order valence-corrected chi connectivity index (χ1v) is 5.99. The third-order valence-corrected chi connectivity index (χ3v) is 4.10. The molecule has 0 saturated heterocycles. The molecule has 0 radical (unpaired) electrons. The Balaban J connectivity index is 3.15. The van der Waals surface area contributed by atoms with Gasteiger partial charge in [-0.1, -0.05) is 0 Å². The summed E-state index contributed by atoms with van der Waals surface area (Å²) >= 11 is 0. The summed E-state index contributed by atoms with van der Waals surface area (Å²) in [5, 5.41) is 10.2. The monoisotopic (exact) mass is 256 g/mol. The van der Waals surface area contributed by atoms with Gasteiger partial charge in [-0.2, -0.15) is 0 Å². The van der Waals surface area contributed by atoms with Crippen LogP contribution in [0.1, 0.15) is 40.0 Å². The molecule has 0 aromatic heterocycles. The van der Waals surface area contributed by atoms with Gasteiger partial charge in [0.1, 0.15) is 17.0 Å². The van der Waals surface area contributed by atoms with E-state index in [2.05, 4.69) is 0 Å². The van der Waals surface area contributed by atoms with Crippen LogP contribution in [-0.2, 0) is 19.1 Å². The molecule has 1 saturated carbocycles. The highest BCUT2D eigenvalue weighted by Crippen LogP contribution is 2.46. The molecule has 18 heavy (non-hydrogen) atoms. The lowest BCUT2D eigenvalue weighted by Gasteiger charge is -2.43. The molecule has 5 heteroatoms. The number of carbonyl (C=O) groups is 3. The molecule has 1 N–H and O–H groups in total. The van der Waals surface area contributed by atoms with Gasteiger partial charge < -0.3 is 9.84 Å². The highest BCUT2D eigenvalue weighted by atomic mass is 16.5. The van der Waals surface area contributed by atoms with Crippen LogP contribution in [0.25, 0.3) is 0 Å². The Bertz CT molecular complexity index is 385. The van der Waals surface area contributed by atoms with Gasteiger partial charge in [0.15, 0.2) is 0 Å². The molecule has 0 spiro atoms. The molecule has 5 nitrogen and oxygen atoms in total. The topological polar surface area (TPSA) is 80.7 Å². The Hall–Kier alpha value is -1.23. The lowest BCUT2D eigenvalue weighted by molar-refractivity contribution is -0.168. The number of carbonyl (C=O) groups excluding carboxylic acids is 3. The average molecular weight is 256 g/mol. The number of rotatable bonds is 3. The molecule has 0 heterocycles. The summed E-state index contributed by atoms with van der Waals surface area (Å²) in [5.41, 5.74) is -2.45. The van der Waals surface area contributed by atoms with Gasteiger partial charge in [-0.05, 0) is 40.0 Å².